The second-order valence-corrected chi connectivity index (χ2v) is 5.44. The number of aryl methyl sites for hydroxylation is 1. The van der Waals surface area contributed by atoms with E-state index in [1.807, 2.05) is 17.0 Å². The van der Waals surface area contributed by atoms with Crippen molar-refractivity contribution in [3.63, 3.8) is 0 Å². The van der Waals surface area contributed by atoms with E-state index in [1.165, 1.54) is 0 Å². The van der Waals surface area contributed by atoms with Crippen molar-refractivity contribution in [1.29, 1.82) is 0 Å². The zero-order chi connectivity index (χ0) is 15.5. The number of aromatic nitrogens is 2. The van der Waals surface area contributed by atoms with E-state index >= 15 is 0 Å². The summed E-state index contributed by atoms with van der Waals surface area (Å²) in [7, 11) is 1.80. The molecule has 1 aliphatic rings. The first kappa shape index (κ1) is 14.3. The fourth-order valence-electron chi connectivity index (χ4n) is 2.52. The van der Waals surface area contributed by atoms with E-state index < -0.39 is 0 Å². The van der Waals surface area contributed by atoms with E-state index in [2.05, 4.69) is 10.4 Å². The maximum atomic E-state index is 12.1. The van der Waals surface area contributed by atoms with Gasteiger partial charge in [-0.1, -0.05) is 12.1 Å². The smallest absolute Gasteiger partial charge is 0.256 e. The van der Waals surface area contributed by atoms with Crippen molar-refractivity contribution >= 4 is 17.6 Å². The van der Waals surface area contributed by atoms with Gasteiger partial charge in [0.2, 0.25) is 5.91 Å². The van der Waals surface area contributed by atoms with E-state index in [1.54, 1.807) is 36.1 Å². The van der Waals surface area contributed by atoms with Crippen molar-refractivity contribution in [2.75, 3.05) is 11.9 Å². The van der Waals surface area contributed by atoms with Crippen LogP contribution < -0.4 is 5.32 Å². The van der Waals surface area contributed by atoms with Crippen LogP contribution in [0.3, 0.4) is 0 Å². The number of carbonyl (C=O) groups excluding carboxylic acids is 2. The average Bonchev–Trinajstić information content (AvgIpc) is 3.09. The lowest BCUT2D eigenvalue weighted by atomic mass is 10.1. The Labute approximate surface area is 128 Å². The van der Waals surface area contributed by atoms with Crippen LogP contribution in [0.2, 0.25) is 0 Å². The second kappa shape index (κ2) is 6.01. The van der Waals surface area contributed by atoms with Gasteiger partial charge in [-0.25, -0.2) is 0 Å². The quantitative estimate of drug-likeness (QED) is 0.936. The van der Waals surface area contributed by atoms with Crippen molar-refractivity contribution in [3.05, 3.63) is 47.7 Å². The van der Waals surface area contributed by atoms with Gasteiger partial charge in [0.05, 0.1) is 0 Å². The Balaban J connectivity index is 1.63. The van der Waals surface area contributed by atoms with Gasteiger partial charge in [-0.3, -0.25) is 14.3 Å². The summed E-state index contributed by atoms with van der Waals surface area (Å²) in [6.45, 7) is 1.43. The van der Waals surface area contributed by atoms with Gasteiger partial charge in [-0.15, -0.1) is 0 Å². The molecule has 2 aromatic rings. The monoisotopic (exact) mass is 298 g/mol. The number of anilines is 1. The maximum Gasteiger partial charge on any atom is 0.256 e. The molecule has 6 nitrogen and oxygen atoms in total. The summed E-state index contributed by atoms with van der Waals surface area (Å²) in [5, 5.41) is 6.85. The molecule has 1 saturated heterocycles. The largest absolute Gasteiger partial charge is 0.338 e. The molecule has 2 heterocycles. The summed E-state index contributed by atoms with van der Waals surface area (Å²) in [6, 6.07) is 9.06. The van der Waals surface area contributed by atoms with Crippen LogP contribution in [0, 0.1) is 0 Å². The Morgan fingerprint density at radius 3 is 2.64 bits per heavy atom. The van der Waals surface area contributed by atoms with Crippen LogP contribution in [-0.4, -0.2) is 33.0 Å². The van der Waals surface area contributed by atoms with Crippen molar-refractivity contribution in [3.8, 4) is 0 Å². The van der Waals surface area contributed by atoms with Crippen molar-refractivity contribution in [1.82, 2.24) is 14.7 Å². The fourth-order valence-corrected chi connectivity index (χ4v) is 2.52. The molecule has 0 aliphatic carbocycles. The average molecular weight is 298 g/mol. The molecule has 1 aromatic carbocycles. The van der Waals surface area contributed by atoms with E-state index in [9.17, 15) is 9.59 Å². The topological polar surface area (TPSA) is 67.2 Å². The van der Waals surface area contributed by atoms with E-state index in [0.717, 1.165) is 18.5 Å². The Bertz CT molecular complexity index is 690. The number of rotatable bonds is 4. The lowest BCUT2D eigenvalue weighted by molar-refractivity contribution is -0.128. The predicted molar refractivity (Wildman–Crippen MR) is 82.3 cm³/mol. The third-order valence-corrected chi connectivity index (χ3v) is 3.72. The van der Waals surface area contributed by atoms with Crippen LogP contribution in [-0.2, 0) is 18.4 Å². The van der Waals surface area contributed by atoms with Gasteiger partial charge in [0, 0.05) is 44.4 Å². The molecule has 2 amide bonds. The minimum atomic E-state index is -0.192. The van der Waals surface area contributed by atoms with E-state index in [0.29, 0.717) is 24.3 Å². The van der Waals surface area contributed by atoms with Crippen LogP contribution in [0.25, 0.3) is 0 Å². The van der Waals surface area contributed by atoms with Crippen LogP contribution in [0.1, 0.15) is 28.8 Å². The first-order chi connectivity index (χ1) is 10.6. The minimum Gasteiger partial charge on any atom is -0.338 e. The highest BCUT2D eigenvalue weighted by Crippen LogP contribution is 2.15. The van der Waals surface area contributed by atoms with Crippen molar-refractivity contribution in [2.45, 2.75) is 19.4 Å². The molecule has 114 valence electrons. The van der Waals surface area contributed by atoms with Crippen molar-refractivity contribution in [2.24, 2.45) is 7.05 Å². The standard InChI is InChI=1S/C16H18N4O2/c1-19-10-8-14(18-19)17-16(22)13-6-4-12(5-7-13)11-20-9-2-3-15(20)21/h4-8,10H,2-3,9,11H2,1H3,(H,17,18,22). The molecule has 6 heteroatoms. The molecule has 1 fully saturated rings. The molecule has 1 aliphatic heterocycles. The number of amides is 2. The highest BCUT2D eigenvalue weighted by atomic mass is 16.2. The number of carbonyl (C=O) groups is 2. The highest BCUT2D eigenvalue weighted by molar-refractivity contribution is 6.03. The molecule has 0 unspecified atom stereocenters. The fraction of sp³-hybridized carbons (Fsp3) is 0.312. The second-order valence-electron chi connectivity index (χ2n) is 5.44. The summed E-state index contributed by atoms with van der Waals surface area (Å²) in [5.41, 5.74) is 1.60. The lowest BCUT2D eigenvalue weighted by Gasteiger charge is -2.15. The lowest BCUT2D eigenvalue weighted by Crippen LogP contribution is -2.23. The zero-order valence-electron chi connectivity index (χ0n) is 12.5. The third-order valence-electron chi connectivity index (χ3n) is 3.72. The molecule has 0 bridgehead atoms. The number of benzene rings is 1. The SMILES string of the molecule is Cn1ccc(NC(=O)c2ccc(CN3CCCC3=O)cc2)n1. The predicted octanol–water partition coefficient (Wildman–Crippen LogP) is 1.79. The summed E-state index contributed by atoms with van der Waals surface area (Å²) >= 11 is 0. The van der Waals surface area contributed by atoms with Crippen LogP contribution in [0.4, 0.5) is 5.82 Å². The first-order valence-electron chi connectivity index (χ1n) is 7.29. The normalized spacial score (nSPS) is 14.4. The van der Waals surface area contributed by atoms with E-state index in [-0.39, 0.29) is 11.8 Å². The molecule has 3 rings (SSSR count). The molecule has 1 aromatic heterocycles. The summed E-state index contributed by atoms with van der Waals surface area (Å²) < 4.78 is 1.63. The molecule has 22 heavy (non-hydrogen) atoms. The molecule has 1 N–H and O–H groups in total. The Kier molecular flexibility index (Phi) is 3.91. The van der Waals surface area contributed by atoms with Crippen LogP contribution >= 0.6 is 0 Å². The first-order valence-corrected chi connectivity index (χ1v) is 7.29. The summed E-state index contributed by atoms with van der Waals surface area (Å²) in [4.78, 5) is 25.6. The Hall–Kier alpha value is -2.63. The van der Waals surface area contributed by atoms with Gasteiger partial charge < -0.3 is 10.2 Å². The number of nitrogens with one attached hydrogen (secondary N) is 1. The van der Waals surface area contributed by atoms with Crippen LogP contribution in [0.5, 0.6) is 0 Å². The Morgan fingerprint density at radius 1 is 1.27 bits per heavy atom. The Morgan fingerprint density at radius 2 is 2.05 bits per heavy atom. The highest BCUT2D eigenvalue weighted by Gasteiger charge is 2.20. The van der Waals surface area contributed by atoms with Crippen LogP contribution in [0.15, 0.2) is 36.5 Å². The number of nitrogens with zero attached hydrogens (tertiary/aromatic N) is 3. The molecular formula is C16H18N4O2. The van der Waals surface area contributed by atoms with Gasteiger partial charge in [0.1, 0.15) is 0 Å². The number of likely N-dealkylation sites (tertiary alicyclic amines) is 1. The van der Waals surface area contributed by atoms with E-state index in [4.69, 9.17) is 0 Å². The third kappa shape index (κ3) is 3.16. The van der Waals surface area contributed by atoms with Gasteiger partial charge in [0.15, 0.2) is 5.82 Å². The summed E-state index contributed by atoms with van der Waals surface area (Å²) in [6.07, 6.45) is 3.35. The maximum absolute atomic E-state index is 12.1. The minimum absolute atomic E-state index is 0.192. The van der Waals surface area contributed by atoms with Gasteiger partial charge in [-0.05, 0) is 24.1 Å². The number of hydrogen-bond acceptors (Lipinski definition) is 3. The molecule has 0 spiro atoms. The van der Waals surface area contributed by atoms with Gasteiger partial charge >= 0.3 is 0 Å². The van der Waals surface area contributed by atoms with Gasteiger partial charge in [-0.2, -0.15) is 5.10 Å². The van der Waals surface area contributed by atoms with Crippen molar-refractivity contribution < 1.29 is 9.59 Å². The molecule has 0 atom stereocenters. The van der Waals surface area contributed by atoms with Gasteiger partial charge in [0.25, 0.3) is 5.91 Å². The summed E-state index contributed by atoms with van der Waals surface area (Å²) in [5.74, 6) is 0.540. The molecule has 0 saturated carbocycles. The zero-order valence-corrected chi connectivity index (χ0v) is 12.5. The number of hydrogen-bond donors (Lipinski definition) is 1. The molecule has 0 radical (unpaired) electrons. The molecular weight excluding hydrogens is 280 g/mol.